The first-order chi connectivity index (χ1) is 8.27. The minimum absolute atomic E-state index is 0.0573. The molecule has 1 aromatic carbocycles. The highest BCUT2D eigenvalue weighted by Crippen LogP contribution is 2.30. The van der Waals surface area contributed by atoms with Gasteiger partial charge in [0.25, 0.3) is 0 Å². The summed E-state index contributed by atoms with van der Waals surface area (Å²) in [5.41, 5.74) is -1.04. The summed E-state index contributed by atoms with van der Waals surface area (Å²) in [5, 5.41) is 8.25. The Morgan fingerprint density at radius 2 is 2.00 bits per heavy atom. The zero-order valence-corrected chi connectivity index (χ0v) is 9.85. The SMILES string of the molecule is N#CCCNS(=O)(=O)c1cccc(C(F)(F)F)c1. The van der Waals surface area contributed by atoms with Crippen LogP contribution in [0.5, 0.6) is 0 Å². The Morgan fingerprint density at radius 1 is 1.33 bits per heavy atom. The zero-order valence-electron chi connectivity index (χ0n) is 9.03. The second-order valence-corrected chi connectivity index (χ2v) is 5.10. The first-order valence-corrected chi connectivity index (χ1v) is 6.29. The highest BCUT2D eigenvalue weighted by atomic mass is 32.2. The quantitative estimate of drug-likeness (QED) is 0.855. The topological polar surface area (TPSA) is 70.0 Å². The summed E-state index contributed by atoms with van der Waals surface area (Å²) < 4.78 is 62.4. The number of benzene rings is 1. The Labute approximate surface area is 102 Å². The highest BCUT2D eigenvalue weighted by molar-refractivity contribution is 7.89. The van der Waals surface area contributed by atoms with Crippen LogP contribution in [-0.2, 0) is 16.2 Å². The molecule has 0 fully saturated rings. The van der Waals surface area contributed by atoms with Gasteiger partial charge in [-0.05, 0) is 18.2 Å². The molecular weight excluding hydrogens is 269 g/mol. The van der Waals surface area contributed by atoms with Crippen molar-refractivity contribution in [2.24, 2.45) is 0 Å². The number of hydrogen-bond acceptors (Lipinski definition) is 3. The highest BCUT2D eigenvalue weighted by Gasteiger charge is 2.31. The summed E-state index contributed by atoms with van der Waals surface area (Å²) in [7, 11) is -4.02. The number of nitrogens with one attached hydrogen (secondary N) is 1. The Hall–Kier alpha value is -1.59. The Balaban J connectivity index is 3.00. The normalized spacial score (nSPS) is 12.1. The van der Waals surface area contributed by atoms with Crippen molar-refractivity contribution in [1.82, 2.24) is 4.72 Å². The maximum Gasteiger partial charge on any atom is 0.416 e. The standard InChI is InChI=1S/C10H9F3N2O2S/c11-10(12,13)8-3-1-4-9(7-8)18(16,17)15-6-2-5-14/h1,3-4,7,15H,2,6H2. The molecule has 1 rings (SSSR count). The van der Waals surface area contributed by atoms with Crippen LogP contribution < -0.4 is 4.72 Å². The van der Waals surface area contributed by atoms with Gasteiger partial charge in [0.1, 0.15) is 0 Å². The molecule has 1 aromatic rings. The summed E-state index contributed by atoms with van der Waals surface area (Å²) in [4.78, 5) is -0.477. The molecule has 0 saturated carbocycles. The van der Waals surface area contributed by atoms with E-state index in [0.717, 1.165) is 18.2 Å². The second-order valence-electron chi connectivity index (χ2n) is 3.33. The summed E-state index contributed by atoms with van der Waals surface area (Å²) in [6, 6.07) is 5.13. The third-order valence-electron chi connectivity index (χ3n) is 2.00. The molecule has 0 aliphatic heterocycles. The molecule has 1 N–H and O–H groups in total. The average Bonchev–Trinajstić information content (AvgIpc) is 2.28. The molecule has 0 atom stereocenters. The van der Waals surface area contributed by atoms with Gasteiger partial charge < -0.3 is 0 Å². The third-order valence-corrected chi connectivity index (χ3v) is 3.46. The smallest absolute Gasteiger partial charge is 0.210 e. The number of halogens is 3. The number of nitrogens with zero attached hydrogens (tertiary/aromatic N) is 1. The number of rotatable bonds is 4. The van der Waals surface area contributed by atoms with E-state index in [4.69, 9.17) is 5.26 Å². The van der Waals surface area contributed by atoms with Crippen LogP contribution in [0.15, 0.2) is 29.2 Å². The van der Waals surface area contributed by atoms with Crippen LogP contribution in [0, 0.1) is 11.3 Å². The van der Waals surface area contributed by atoms with Gasteiger partial charge in [0.15, 0.2) is 0 Å². The molecule has 0 aliphatic rings. The van der Waals surface area contributed by atoms with Crippen LogP contribution in [0.4, 0.5) is 13.2 Å². The van der Waals surface area contributed by atoms with Crippen molar-refractivity contribution in [1.29, 1.82) is 5.26 Å². The number of nitriles is 1. The van der Waals surface area contributed by atoms with Crippen molar-refractivity contribution in [3.8, 4) is 6.07 Å². The molecule has 0 spiro atoms. The van der Waals surface area contributed by atoms with Crippen LogP contribution in [-0.4, -0.2) is 15.0 Å². The van der Waals surface area contributed by atoms with Crippen LogP contribution in [0.3, 0.4) is 0 Å². The van der Waals surface area contributed by atoms with E-state index >= 15 is 0 Å². The molecule has 8 heteroatoms. The Bertz CT molecular complexity index is 561. The first kappa shape index (κ1) is 14.5. The van der Waals surface area contributed by atoms with Crippen molar-refractivity contribution in [2.75, 3.05) is 6.54 Å². The van der Waals surface area contributed by atoms with E-state index in [9.17, 15) is 21.6 Å². The van der Waals surface area contributed by atoms with Gasteiger partial charge in [0.05, 0.1) is 16.5 Å². The van der Waals surface area contributed by atoms with E-state index in [2.05, 4.69) is 0 Å². The summed E-state index contributed by atoms with van der Waals surface area (Å²) in [6.45, 7) is -0.144. The number of alkyl halides is 3. The largest absolute Gasteiger partial charge is 0.416 e. The molecule has 0 aromatic heterocycles. The van der Waals surface area contributed by atoms with Gasteiger partial charge in [-0.3, -0.25) is 0 Å². The monoisotopic (exact) mass is 278 g/mol. The third kappa shape index (κ3) is 3.72. The second kappa shape index (κ2) is 5.37. The minimum Gasteiger partial charge on any atom is -0.210 e. The average molecular weight is 278 g/mol. The molecule has 0 aliphatic carbocycles. The lowest BCUT2D eigenvalue weighted by Gasteiger charge is -2.09. The van der Waals surface area contributed by atoms with E-state index in [-0.39, 0.29) is 13.0 Å². The number of hydrogen-bond donors (Lipinski definition) is 1. The van der Waals surface area contributed by atoms with Gasteiger partial charge in [-0.2, -0.15) is 18.4 Å². The van der Waals surface area contributed by atoms with E-state index in [1.807, 2.05) is 4.72 Å². The summed E-state index contributed by atoms with van der Waals surface area (Å²) in [6.07, 6.45) is -4.66. The van der Waals surface area contributed by atoms with Crippen LogP contribution in [0.2, 0.25) is 0 Å². The van der Waals surface area contributed by atoms with Crippen LogP contribution in [0.1, 0.15) is 12.0 Å². The van der Waals surface area contributed by atoms with Gasteiger partial charge in [0.2, 0.25) is 10.0 Å². The van der Waals surface area contributed by atoms with E-state index < -0.39 is 26.7 Å². The Kier molecular flexibility index (Phi) is 4.32. The molecule has 0 amide bonds. The Morgan fingerprint density at radius 3 is 2.56 bits per heavy atom. The van der Waals surface area contributed by atoms with E-state index in [1.165, 1.54) is 0 Å². The van der Waals surface area contributed by atoms with E-state index in [0.29, 0.717) is 6.07 Å². The molecule has 4 nitrogen and oxygen atoms in total. The van der Waals surface area contributed by atoms with Gasteiger partial charge in [-0.25, -0.2) is 13.1 Å². The maximum atomic E-state index is 12.4. The molecule has 0 bridgehead atoms. The van der Waals surface area contributed by atoms with Gasteiger partial charge in [-0.15, -0.1) is 0 Å². The van der Waals surface area contributed by atoms with Gasteiger partial charge >= 0.3 is 6.18 Å². The van der Waals surface area contributed by atoms with E-state index in [1.54, 1.807) is 6.07 Å². The summed E-state index contributed by atoms with van der Waals surface area (Å²) >= 11 is 0. The number of sulfonamides is 1. The van der Waals surface area contributed by atoms with Crippen molar-refractivity contribution >= 4 is 10.0 Å². The van der Waals surface area contributed by atoms with Crippen LogP contribution in [0.25, 0.3) is 0 Å². The summed E-state index contributed by atoms with van der Waals surface area (Å²) in [5.74, 6) is 0. The van der Waals surface area contributed by atoms with Crippen molar-refractivity contribution in [3.63, 3.8) is 0 Å². The lowest BCUT2D eigenvalue weighted by atomic mass is 10.2. The molecule has 18 heavy (non-hydrogen) atoms. The predicted molar refractivity (Wildman–Crippen MR) is 56.9 cm³/mol. The fourth-order valence-corrected chi connectivity index (χ4v) is 2.24. The molecule has 0 unspecified atom stereocenters. The van der Waals surface area contributed by atoms with Crippen molar-refractivity contribution in [2.45, 2.75) is 17.5 Å². The maximum absolute atomic E-state index is 12.4. The lowest BCUT2D eigenvalue weighted by Crippen LogP contribution is -2.25. The minimum atomic E-state index is -4.60. The van der Waals surface area contributed by atoms with Crippen molar-refractivity contribution < 1.29 is 21.6 Å². The molecule has 0 radical (unpaired) electrons. The molecule has 0 heterocycles. The predicted octanol–water partition coefficient (Wildman–Crippen LogP) is 1.90. The fourth-order valence-electron chi connectivity index (χ4n) is 1.16. The zero-order chi connectivity index (χ0) is 13.8. The van der Waals surface area contributed by atoms with Crippen molar-refractivity contribution in [3.05, 3.63) is 29.8 Å². The fraction of sp³-hybridized carbons (Fsp3) is 0.300. The molecular formula is C10H9F3N2O2S. The lowest BCUT2D eigenvalue weighted by molar-refractivity contribution is -0.137. The molecule has 0 saturated heterocycles. The first-order valence-electron chi connectivity index (χ1n) is 4.81. The van der Waals surface area contributed by atoms with Gasteiger partial charge in [0, 0.05) is 13.0 Å². The van der Waals surface area contributed by atoms with Gasteiger partial charge in [-0.1, -0.05) is 6.07 Å². The van der Waals surface area contributed by atoms with Crippen LogP contribution >= 0.6 is 0 Å². The molecule has 98 valence electrons.